The molecule has 4 heteroatoms. The van der Waals surface area contributed by atoms with Gasteiger partial charge in [-0.05, 0) is 6.08 Å². The Morgan fingerprint density at radius 2 is 2.64 bits per heavy atom. The minimum Gasteiger partial charge on any atom is -0.462 e. The standard InChI is InChI=1S/C7H8N2O2/c10-7-4-9-6(5-11-7)2-1-3-8-9/h1-3,6H,4-5H2. The fraction of sp³-hybridized carbons (Fsp3) is 0.429. The van der Waals surface area contributed by atoms with Crippen LogP contribution < -0.4 is 0 Å². The highest BCUT2D eigenvalue weighted by Crippen LogP contribution is 2.11. The number of allylic oxidation sites excluding steroid dienone is 1. The lowest BCUT2D eigenvalue weighted by molar-refractivity contribution is -0.152. The van der Waals surface area contributed by atoms with Gasteiger partial charge in [-0.15, -0.1) is 0 Å². The molecule has 0 spiro atoms. The molecule has 1 unspecified atom stereocenters. The molecule has 0 aromatic heterocycles. The highest BCUT2D eigenvalue weighted by atomic mass is 16.5. The number of fused-ring (bicyclic) bond motifs is 1. The molecule has 0 saturated carbocycles. The number of nitrogens with zero attached hydrogens (tertiary/aromatic N) is 2. The van der Waals surface area contributed by atoms with Gasteiger partial charge >= 0.3 is 5.97 Å². The molecule has 0 aromatic rings. The second-order valence-electron chi connectivity index (χ2n) is 2.50. The summed E-state index contributed by atoms with van der Waals surface area (Å²) in [6, 6.07) is 0.151. The van der Waals surface area contributed by atoms with Crippen LogP contribution in [0.4, 0.5) is 0 Å². The maximum atomic E-state index is 10.8. The number of carbonyl (C=O) groups excluding carboxylic acids is 1. The van der Waals surface area contributed by atoms with Gasteiger partial charge in [0.15, 0.2) is 0 Å². The molecule has 2 aliphatic heterocycles. The van der Waals surface area contributed by atoms with E-state index in [1.165, 1.54) is 0 Å². The van der Waals surface area contributed by atoms with E-state index in [4.69, 9.17) is 4.74 Å². The van der Waals surface area contributed by atoms with Crippen molar-refractivity contribution < 1.29 is 9.53 Å². The van der Waals surface area contributed by atoms with Crippen molar-refractivity contribution in [1.82, 2.24) is 5.01 Å². The summed E-state index contributed by atoms with van der Waals surface area (Å²) in [6.45, 7) is 0.693. The molecule has 2 heterocycles. The Bertz CT molecular complexity index is 235. The predicted molar refractivity (Wildman–Crippen MR) is 39.1 cm³/mol. The van der Waals surface area contributed by atoms with E-state index in [2.05, 4.69) is 5.10 Å². The average molecular weight is 152 g/mol. The van der Waals surface area contributed by atoms with E-state index in [1.807, 2.05) is 12.2 Å². The normalized spacial score (nSPS) is 28.2. The maximum Gasteiger partial charge on any atom is 0.327 e. The van der Waals surface area contributed by atoms with E-state index in [0.29, 0.717) is 6.61 Å². The van der Waals surface area contributed by atoms with E-state index in [9.17, 15) is 4.79 Å². The van der Waals surface area contributed by atoms with Gasteiger partial charge in [0.25, 0.3) is 0 Å². The summed E-state index contributed by atoms with van der Waals surface area (Å²) in [4.78, 5) is 10.8. The Labute approximate surface area is 64.1 Å². The van der Waals surface area contributed by atoms with Crippen molar-refractivity contribution in [3.05, 3.63) is 12.2 Å². The quantitative estimate of drug-likeness (QED) is 0.450. The van der Waals surface area contributed by atoms with Crippen molar-refractivity contribution in [3.8, 4) is 0 Å². The molecule has 58 valence electrons. The number of morpholine rings is 1. The summed E-state index contributed by atoms with van der Waals surface area (Å²) in [6.07, 6.45) is 5.51. The van der Waals surface area contributed by atoms with Crippen molar-refractivity contribution in [2.45, 2.75) is 6.04 Å². The molecule has 0 aliphatic carbocycles. The van der Waals surface area contributed by atoms with Gasteiger partial charge in [0, 0.05) is 6.21 Å². The Morgan fingerprint density at radius 1 is 1.73 bits per heavy atom. The van der Waals surface area contributed by atoms with Gasteiger partial charge in [0.05, 0.1) is 0 Å². The van der Waals surface area contributed by atoms with Crippen LogP contribution in [0, 0.1) is 0 Å². The van der Waals surface area contributed by atoms with Crippen molar-refractivity contribution in [3.63, 3.8) is 0 Å². The lowest BCUT2D eigenvalue weighted by atomic mass is 10.2. The highest BCUT2D eigenvalue weighted by molar-refractivity contribution is 5.75. The zero-order valence-electron chi connectivity index (χ0n) is 5.93. The smallest absolute Gasteiger partial charge is 0.327 e. The van der Waals surface area contributed by atoms with Crippen molar-refractivity contribution in [2.75, 3.05) is 13.2 Å². The summed E-state index contributed by atoms with van der Waals surface area (Å²) in [7, 11) is 0. The molecular weight excluding hydrogens is 144 g/mol. The lowest BCUT2D eigenvalue weighted by Gasteiger charge is -2.31. The Kier molecular flexibility index (Phi) is 1.38. The molecule has 11 heavy (non-hydrogen) atoms. The molecule has 2 rings (SSSR count). The number of cyclic esters (lactones) is 1. The van der Waals surface area contributed by atoms with Crippen LogP contribution in [0.25, 0.3) is 0 Å². The molecule has 0 N–H and O–H groups in total. The molecule has 1 fully saturated rings. The zero-order chi connectivity index (χ0) is 7.68. The summed E-state index contributed by atoms with van der Waals surface area (Å²) in [5.74, 6) is -0.200. The molecular formula is C7H8N2O2. The minimum atomic E-state index is -0.200. The summed E-state index contributed by atoms with van der Waals surface area (Å²) in [5.41, 5.74) is 0. The van der Waals surface area contributed by atoms with E-state index in [0.717, 1.165) is 0 Å². The average Bonchev–Trinajstić information content (AvgIpc) is 2.04. The third-order valence-electron chi connectivity index (χ3n) is 1.72. The van der Waals surface area contributed by atoms with Crippen LogP contribution in [-0.4, -0.2) is 36.4 Å². The van der Waals surface area contributed by atoms with Gasteiger partial charge in [-0.1, -0.05) is 6.08 Å². The van der Waals surface area contributed by atoms with Crippen LogP contribution in [0.15, 0.2) is 17.3 Å². The van der Waals surface area contributed by atoms with Crippen LogP contribution in [0.2, 0.25) is 0 Å². The number of carbonyl (C=O) groups is 1. The first kappa shape index (κ1) is 6.39. The van der Waals surface area contributed by atoms with E-state index >= 15 is 0 Å². The van der Waals surface area contributed by atoms with Crippen LogP contribution in [0.5, 0.6) is 0 Å². The van der Waals surface area contributed by atoms with Crippen molar-refractivity contribution >= 4 is 12.2 Å². The summed E-state index contributed by atoms with van der Waals surface area (Å²) in [5, 5.41) is 5.75. The number of ether oxygens (including phenoxy) is 1. The minimum absolute atomic E-state index is 0.151. The first-order valence-electron chi connectivity index (χ1n) is 3.49. The zero-order valence-corrected chi connectivity index (χ0v) is 5.93. The maximum absolute atomic E-state index is 10.8. The van der Waals surface area contributed by atoms with E-state index in [-0.39, 0.29) is 18.6 Å². The molecule has 4 nitrogen and oxygen atoms in total. The molecule has 0 radical (unpaired) electrons. The Morgan fingerprint density at radius 3 is 3.55 bits per heavy atom. The second kappa shape index (κ2) is 2.38. The largest absolute Gasteiger partial charge is 0.462 e. The fourth-order valence-electron chi connectivity index (χ4n) is 1.14. The van der Waals surface area contributed by atoms with Gasteiger partial charge in [-0.25, -0.2) is 0 Å². The molecule has 2 aliphatic rings. The third kappa shape index (κ3) is 1.11. The van der Waals surface area contributed by atoms with Crippen LogP contribution in [0.1, 0.15) is 0 Å². The third-order valence-corrected chi connectivity index (χ3v) is 1.72. The molecule has 1 atom stereocenters. The Hall–Kier alpha value is -1.32. The van der Waals surface area contributed by atoms with Gasteiger partial charge in [0.1, 0.15) is 19.2 Å². The van der Waals surface area contributed by atoms with Gasteiger partial charge in [0.2, 0.25) is 0 Å². The fourth-order valence-corrected chi connectivity index (χ4v) is 1.14. The van der Waals surface area contributed by atoms with Crippen LogP contribution >= 0.6 is 0 Å². The topological polar surface area (TPSA) is 41.9 Å². The predicted octanol–water partition coefficient (Wildman–Crippen LogP) is -0.231. The van der Waals surface area contributed by atoms with E-state index in [1.54, 1.807) is 11.2 Å². The number of hydrazone groups is 1. The first-order valence-corrected chi connectivity index (χ1v) is 3.49. The van der Waals surface area contributed by atoms with Gasteiger partial charge in [-0.3, -0.25) is 9.80 Å². The van der Waals surface area contributed by atoms with Gasteiger partial charge in [-0.2, -0.15) is 5.10 Å². The van der Waals surface area contributed by atoms with Crippen molar-refractivity contribution in [1.29, 1.82) is 0 Å². The second-order valence-corrected chi connectivity index (χ2v) is 2.50. The molecule has 0 amide bonds. The number of hydrogen-bond donors (Lipinski definition) is 0. The van der Waals surface area contributed by atoms with E-state index < -0.39 is 0 Å². The van der Waals surface area contributed by atoms with Crippen LogP contribution in [0.3, 0.4) is 0 Å². The number of rotatable bonds is 0. The SMILES string of the molecule is O=C1CN2N=CC=CC2CO1. The lowest BCUT2D eigenvalue weighted by Crippen LogP contribution is -2.44. The monoisotopic (exact) mass is 152 g/mol. The number of hydrogen-bond acceptors (Lipinski definition) is 4. The van der Waals surface area contributed by atoms with Crippen molar-refractivity contribution in [2.24, 2.45) is 5.10 Å². The summed E-state index contributed by atoms with van der Waals surface area (Å²) < 4.78 is 4.84. The van der Waals surface area contributed by atoms with Crippen LogP contribution in [-0.2, 0) is 9.53 Å². The molecule has 0 bridgehead atoms. The number of esters is 1. The first-order chi connectivity index (χ1) is 5.36. The molecule has 1 saturated heterocycles. The molecule has 0 aromatic carbocycles. The highest BCUT2D eigenvalue weighted by Gasteiger charge is 2.25. The Balaban J connectivity index is 2.12. The summed E-state index contributed by atoms with van der Waals surface area (Å²) >= 11 is 0. The van der Waals surface area contributed by atoms with Gasteiger partial charge < -0.3 is 4.74 Å².